The van der Waals surface area contributed by atoms with Gasteiger partial charge in [0.25, 0.3) is 5.91 Å². The van der Waals surface area contributed by atoms with Crippen molar-refractivity contribution in [3.05, 3.63) is 23.7 Å². The molecule has 0 bridgehead atoms. The lowest BCUT2D eigenvalue weighted by molar-refractivity contribution is 0.0890. The van der Waals surface area contributed by atoms with Crippen molar-refractivity contribution in [3.63, 3.8) is 0 Å². The molecule has 17 heavy (non-hydrogen) atoms. The number of hydrogen-bond acceptors (Lipinski definition) is 4. The van der Waals surface area contributed by atoms with Gasteiger partial charge in [-0.15, -0.1) is 0 Å². The number of hydrogen-bond donors (Lipinski definition) is 2. The molecule has 0 aromatic carbocycles. The van der Waals surface area contributed by atoms with Crippen molar-refractivity contribution in [2.24, 2.45) is 5.73 Å². The fourth-order valence-corrected chi connectivity index (χ4v) is 1.15. The first-order valence-corrected chi connectivity index (χ1v) is 5.61. The van der Waals surface area contributed by atoms with E-state index in [0.717, 1.165) is 0 Å². The molecule has 0 aliphatic rings. The molecule has 0 unspecified atom stereocenters. The summed E-state index contributed by atoms with van der Waals surface area (Å²) < 4.78 is 5.27. The smallest absolute Gasteiger partial charge is 0.287 e. The summed E-state index contributed by atoms with van der Waals surface area (Å²) in [6.07, 6.45) is 0. The summed E-state index contributed by atoms with van der Waals surface area (Å²) in [5.74, 6) is 0.710. The third-order valence-electron chi connectivity index (χ3n) is 2.98. The maximum absolute atomic E-state index is 11.8. The monoisotopic (exact) mass is 239 g/mol. The van der Waals surface area contributed by atoms with Crippen LogP contribution >= 0.6 is 0 Å². The molecule has 1 aromatic heterocycles. The second kappa shape index (κ2) is 5.33. The van der Waals surface area contributed by atoms with E-state index in [4.69, 9.17) is 10.2 Å². The normalized spacial score (nSPS) is 11.9. The minimum absolute atomic E-state index is 0.0983. The van der Waals surface area contributed by atoms with Crippen molar-refractivity contribution in [2.45, 2.75) is 25.9 Å². The van der Waals surface area contributed by atoms with Gasteiger partial charge in [0.1, 0.15) is 5.76 Å². The van der Waals surface area contributed by atoms with E-state index in [9.17, 15) is 4.79 Å². The van der Waals surface area contributed by atoms with Crippen LogP contribution < -0.4 is 11.1 Å². The van der Waals surface area contributed by atoms with Gasteiger partial charge in [-0.3, -0.25) is 4.79 Å². The van der Waals surface area contributed by atoms with Gasteiger partial charge in [-0.2, -0.15) is 0 Å². The Morgan fingerprint density at radius 2 is 2.12 bits per heavy atom. The number of nitrogens with one attached hydrogen (secondary N) is 1. The summed E-state index contributed by atoms with van der Waals surface area (Å²) in [4.78, 5) is 13.8. The SMILES string of the molecule is CN(C)C(C)(C)CNC(=O)c1ccc(CN)o1. The van der Waals surface area contributed by atoms with Crippen molar-refractivity contribution < 1.29 is 9.21 Å². The van der Waals surface area contributed by atoms with Gasteiger partial charge in [0.05, 0.1) is 6.54 Å². The second-order valence-corrected chi connectivity index (χ2v) is 4.86. The molecule has 5 heteroatoms. The Morgan fingerprint density at radius 3 is 2.59 bits per heavy atom. The van der Waals surface area contributed by atoms with Crippen LogP contribution in [0.2, 0.25) is 0 Å². The third-order valence-corrected chi connectivity index (χ3v) is 2.98. The van der Waals surface area contributed by atoms with E-state index >= 15 is 0 Å². The van der Waals surface area contributed by atoms with Gasteiger partial charge in [-0.05, 0) is 40.1 Å². The number of nitrogens with zero attached hydrogens (tertiary/aromatic N) is 1. The lowest BCUT2D eigenvalue weighted by Crippen LogP contribution is -2.48. The molecule has 0 saturated carbocycles. The molecule has 1 heterocycles. The predicted octanol–water partition coefficient (Wildman–Crippen LogP) is 0.808. The van der Waals surface area contributed by atoms with Gasteiger partial charge < -0.3 is 20.4 Å². The van der Waals surface area contributed by atoms with Crippen LogP contribution in [0.3, 0.4) is 0 Å². The Kier molecular flexibility index (Phi) is 4.31. The summed E-state index contributed by atoms with van der Waals surface area (Å²) in [5, 5.41) is 2.84. The molecule has 1 aromatic rings. The van der Waals surface area contributed by atoms with Gasteiger partial charge in [0.15, 0.2) is 5.76 Å². The number of likely N-dealkylation sites (N-methyl/N-ethyl adjacent to an activating group) is 1. The van der Waals surface area contributed by atoms with Crippen LogP contribution in [0.25, 0.3) is 0 Å². The number of carbonyl (C=O) groups is 1. The standard InChI is InChI=1S/C12H21N3O2/c1-12(2,15(3)4)8-14-11(16)10-6-5-9(7-13)17-10/h5-6H,7-8,13H2,1-4H3,(H,14,16). The molecule has 0 atom stereocenters. The van der Waals surface area contributed by atoms with Crippen LogP contribution in [0, 0.1) is 0 Å². The van der Waals surface area contributed by atoms with E-state index < -0.39 is 0 Å². The zero-order valence-corrected chi connectivity index (χ0v) is 10.9. The average Bonchev–Trinajstić information content (AvgIpc) is 2.74. The molecule has 0 aliphatic carbocycles. The minimum atomic E-state index is -0.209. The van der Waals surface area contributed by atoms with Gasteiger partial charge in [-0.25, -0.2) is 0 Å². The van der Waals surface area contributed by atoms with Crippen LogP contribution in [0.5, 0.6) is 0 Å². The highest BCUT2D eigenvalue weighted by atomic mass is 16.4. The van der Waals surface area contributed by atoms with Crippen molar-refractivity contribution in [3.8, 4) is 0 Å². The zero-order valence-electron chi connectivity index (χ0n) is 10.9. The van der Waals surface area contributed by atoms with Crippen LogP contribution in [-0.2, 0) is 6.54 Å². The average molecular weight is 239 g/mol. The molecule has 5 nitrogen and oxygen atoms in total. The molecule has 3 N–H and O–H groups in total. The first kappa shape index (κ1) is 13.7. The highest BCUT2D eigenvalue weighted by molar-refractivity contribution is 5.91. The Labute approximate surface area is 102 Å². The molecular weight excluding hydrogens is 218 g/mol. The van der Waals surface area contributed by atoms with E-state index in [1.54, 1.807) is 12.1 Å². The fraction of sp³-hybridized carbons (Fsp3) is 0.583. The van der Waals surface area contributed by atoms with Crippen molar-refractivity contribution in [1.82, 2.24) is 10.2 Å². The molecule has 96 valence electrons. The maximum atomic E-state index is 11.8. The number of furan rings is 1. The van der Waals surface area contributed by atoms with Gasteiger partial charge >= 0.3 is 0 Å². The van der Waals surface area contributed by atoms with E-state index in [2.05, 4.69) is 24.1 Å². The quantitative estimate of drug-likeness (QED) is 0.797. The number of nitrogens with two attached hydrogens (primary N) is 1. The molecule has 1 rings (SSSR count). The Bertz CT molecular complexity index is 383. The van der Waals surface area contributed by atoms with Gasteiger partial charge in [0.2, 0.25) is 0 Å². The molecular formula is C12H21N3O2. The highest BCUT2D eigenvalue weighted by Crippen LogP contribution is 2.10. The first-order valence-electron chi connectivity index (χ1n) is 5.61. The number of rotatable bonds is 5. The third kappa shape index (κ3) is 3.57. The van der Waals surface area contributed by atoms with Crippen LogP contribution in [-0.4, -0.2) is 37.0 Å². The summed E-state index contributed by atoms with van der Waals surface area (Å²) >= 11 is 0. The van der Waals surface area contributed by atoms with Crippen molar-refractivity contribution in [2.75, 3.05) is 20.6 Å². The van der Waals surface area contributed by atoms with E-state index in [0.29, 0.717) is 24.6 Å². The first-order chi connectivity index (χ1) is 7.86. The number of carbonyl (C=O) groups excluding carboxylic acids is 1. The largest absolute Gasteiger partial charge is 0.455 e. The molecule has 0 radical (unpaired) electrons. The van der Waals surface area contributed by atoms with Gasteiger partial charge in [-0.1, -0.05) is 0 Å². The van der Waals surface area contributed by atoms with Crippen LogP contribution in [0.4, 0.5) is 0 Å². The second-order valence-electron chi connectivity index (χ2n) is 4.86. The van der Waals surface area contributed by atoms with Crippen molar-refractivity contribution >= 4 is 5.91 Å². The molecule has 1 amide bonds. The maximum Gasteiger partial charge on any atom is 0.287 e. The molecule has 0 saturated heterocycles. The Morgan fingerprint density at radius 1 is 1.47 bits per heavy atom. The molecule has 0 aliphatic heterocycles. The van der Waals surface area contributed by atoms with E-state index in [-0.39, 0.29) is 11.4 Å². The Balaban J connectivity index is 2.56. The lowest BCUT2D eigenvalue weighted by Gasteiger charge is -2.32. The minimum Gasteiger partial charge on any atom is -0.455 e. The van der Waals surface area contributed by atoms with E-state index in [1.165, 1.54) is 0 Å². The predicted molar refractivity (Wildman–Crippen MR) is 66.7 cm³/mol. The molecule has 0 spiro atoms. The van der Waals surface area contributed by atoms with Gasteiger partial charge in [0, 0.05) is 12.1 Å². The Hall–Kier alpha value is -1.33. The summed E-state index contributed by atoms with van der Waals surface area (Å²) in [5.41, 5.74) is 5.32. The van der Waals surface area contributed by atoms with Crippen LogP contribution in [0.15, 0.2) is 16.5 Å². The fourth-order valence-electron chi connectivity index (χ4n) is 1.15. The number of amides is 1. The summed E-state index contributed by atoms with van der Waals surface area (Å²) in [6, 6.07) is 3.35. The summed E-state index contributed by atoms with van der Waals surface area (Å²) in [7, 11) is 3.96. The zero-order chi connectivity index (χ0) is 13.1. The van der Waals surface area contributed by atoms with Crippen molar-refractivity contribution in [1.29, 1.82) is 0 Å². The van der Waals surface area contributed by atoms with E-state index in [1.807, 2.05) is 14.1 Å². The van der Waals surface area contributed by atoms with Crippen LogP contribution in [0.1, 0.15) is 30.2 Å². The highest BCUT2D eigenvalue weighted by Gasteiger charge is 2.22. The molecule has 0 fully saturated rings. The summed E-state index contributed by atoms with van der Waals surface area (Å²) in [6.45, 7) is 4.97. The topological polar surface area (TPSA) is 71.5 Å². The lowest BCUT2D eigenvalue weighted by atomic mass is 10.0.